The minimum atomic E-state index is -0.216. The predicted octanol–water partition coefficient (Wildman–Crippen LogP) is 4.55. The number of rotatable bonds is 5. The second kappa shape index (κ2) is 6.57. The van der Waals surface area contributed by atoms with E-state index in [1.165, 1.54) is 43.3 Å². The first-order valence-corrected chi connectivity index (χ1v) is 9.26. The third kappa shape index (κ3) is 3.06. The Kier molecular flexibility index (Phi) is 4.29. The normalized spacial score (nSPS) is 25.5. The van der Waals surface area contributed by atoms with Crippen LogP contribution in [0.4, 0.5) is 10.1 Å². The van der Waals surface area contributed by atoms with Crippen molar-refractivity contribution < 1.29 is 9.13 Å². The zero-order valence-corrected chi connectivity index (χ0v) is 14.3. The number of nitrogens with zero attached hydrogens (tertiary/aromatic N) is 1. The highest BCUT2D eigenvalue weighted by atomic mass is 32.1. The van der Waals surface area contributed by atoms with E-state index in [1.54, 1.807) is 12.1 Å². The zero-order chi connectivity index (χ0) is 16.5. The fourth-order valence-corrected chi connectivity index (χ4v) is 4.55. The van der Waals surface area contributed by atoms with Crippen molar-refractivity contribution in [2.75, 3.05) is 25.0 Å². The van der Waals surface area contributed by atoms with Gasteiger partial charge in [0.25, 0.3) is 0 Å². The molecule has 3 nitrogen and oxygen atoms in total. The van der Waals surface area contributed by atoms with E-state index in [0.717, 1.165) is 17.1 Å². The molecule has 2 bridgehead atoms. The van der Waals surface area contributed by atoms with Gasteiger partial charge < -0.3 is 10.1 Å². The number of thiophene rings is 1. The number of nitrogens with one attached hydrogen (secondary N) is 1. The Bertz CT molecular complexity index is 736. The summed E-state index contributed by atoms with van der Waals surface area (Å²) in [5.41, 5.74) is 1.45. The third-order valence-corrected chi connectivity index (χ3v) is 5.90. The molecule has 4 heterocycles. The fraction of sp³-hybridized carbons (Fsp3) is 0.368. The molecule has 126 valence electrons. The summed E-state index contributed by atoms with van der Waals surface area (Å²) in [6, 6.07) is 8.77. The van der Waals surface area contributed by atoms with Crippen molar-refractivity contribution in [3.63, 3.8) is 0 Å². The molecule has 0 saturated carbocycles. The molecular formula is C19H21FN2OS. The average Bonchev–Trinajstić information content (AvgIpc) is 3.04. The molecule has 0 amide bonds. The van der Waals surface area contributed by atoms with Crippen molar-refractivity contribution in [3.05, 3.63) is 54.0 Å². The van der Waals surface area contributed by atoms with E-state index >= 15 is 0 Å². The maximum Gasteiger partial charge on any atom is 0.184 e. The van der Waals surface area contributed by atoms with Gasteiger partial charge in [-0.2, -0.15) is 0 Å². The maximum absolute atomic E-state index is 14.1. The summed E-state index contributed by atoms with van der Waals surface area (Å²) >= 11 is 1.51. The summed E-state index contributed by atoms with van der Waals surface area (Å²) in [7, 11) is 0. The third-order valence-electron chi connectivity index (χ3n) is 4.95. The number of halogens is 1. The molecule has 3 aliphatic heterocycles. The van der Waals surface area contributed by atoms with Gasteiger partial charge in [0.2, 0.25) is 0 Å². The molecule has 0 spiro atoms. The molecule has 2 aromatic rings. The molecule has 1 atom stereocenters. The van der Waals surface area contributed by atoms with Crippen molar-refractivity contribution in [2.45, 2.75) is 18.9 Å². The van der Waals surface area contributed by atoms with Gasteiger partial charge in [-0.25, -0.2) is 4.39 Å². The van der Waals surface area contributed by atoms with Crippen LogP contribution in [0.5, 0.6) is 0 Å². The van der Waals surface area contributed by atoms with Crippen LogP contribution in [0, 0.1) is 11.7 Å². The van der Waals surface area contributed by atoms with E-state index < -0.39 is 0 Å². The Morgan fingerprint density at radius 2 is 2.04 bits per heavy atom. The van der Waals surface area contributed by atoms with Gasteiger partial charge in [0.1, 0.15) is 11.9 Å². The number of ether oxygens (including phenoxy) is 1. The van der Waals surface area contributed by atoms with Gasteiger partial charge in [-0.3, -0.25) is 4.90 Å². The Labute approximate surface area is 145 Å². The lowest BCUT2D eigenvalue weighted by Gasteiger charge is -2.44. The lowest BCUT2D eigenvalue weighted by atomic mass is 9.86. The van der Waals surface area contributed by atoms with Gasteiger partial charge in [-0.1, -0.05) is 18.2 Å². The number of benzene rings is 1. The van der Waals surface area contributed by atoms with E-state index in [2.05, 4.69) is 16.8 Å². The molecule has 3 aliphatic rings. The molecule has 1 aromatic carbocycles. The van der Waals surface area contributed by atoms with Crippen molar-refractivity contribution in [3.8, 4) is 10.4 Å². The highest BCUT2D eigenvalue weighted by Crippen LogP contribution is 2.36. The van der Waals surface area contributed by atoms with Crippen molar-refractivity contribution >= 4 is 17.0 Å². The summed E-state index contributed by atoms with van der Waals surface area (Å²) in [5.74, 6) is 0.957. The van der Waals surface area contributed by atoms with Crippen LogP contribution in [-0.4, -0.2) is 30.6 Å². The van der Waals surface area contributed by atoms with E-state index in [4.69, 9.17) is 4.74 Å². The van der Waals surface area contributed by atoms with Crippen LogP contribution >= 0.6 is 11.3 Å². The second-order valence-corrected chi connectivity index (χ2v) is 7.40. The van der Waals surface area contributed by atoms with Crippen LogP contribution in [-0.2, 0) is 4.74 Å². The summed E-state index contributed by atoms with van der Waals surface area (Å²) in [6.07, 6.45) is 2.62. The van der Waals surface area contributed by atoms with Crippen molar-refractivity contribution in [1.29, 1.82) is 0 Å². The zero-order valence-electron chi connectivity index (χ0n) is 13.5. The first-order chi connectivity index (χ1) is 11.7. The molecule has 24 heavy (non-hydrogen) atoms. The topological polar surface area (TPSA) is 24.5 Å². The van der Waals surface area contributed by atoms with Gasteiger partial charge in [0.15, 0.2) is 5.88 Å². The van der Waals surface area contributed by atoms with Crippen molar-refractivity contribution in [2.24, 2.45) is 5.92 Å². The van der Waals surface area contributed by atoms with Crippen molar-refractivity contribution in [1.82, 2.24) is 4.90 Å². The molecule has 1 N–H and O–H groups in total. The SMILES string of the molecule is C=C(Nc1ccsc1-c1ccccc1F)OC1CN2CCC1CC2. The number of hydrogen-bond donors (Lipinski definition) is 1. The smallest absolute Gasteiger partial charge is 0.184 e. The quantitative estimate of drug-likeness (QED) is 0.806. The summed E-state index contributed by atoms with van der Waals surface area (Å²) in [4.78, 5) is 3.32. The van der Waals surface area contributed by atoms with Gasteiger partial charge in [-0.15, -0.1) is 11.3 Å². The molecule has 3 fully saturated rings. The minimum Gasteiger partial charge on any atom is -0.474 e. The van der Waals surface area contributed by atoms with Gasteiger partial charge >= 0.3 is 0 Å². The molecule has 5 rings (SSSR count). The summed E-state index contributed by atoms with van der Waals surface area (Å²) in [6.45, 7) is 7.38. The lowest BCUT2D eigenvalue weighted by molar-refractivity contribution is -0.0397. The minimum absolute atomic E-state index is 0.211. The first kappa shape index (κ1) is 15.7. The number of fused-ring (bicyclic) bond motifs is 3. The van der Waals surface area contributed by atoms with Crippen LogP contribution in [0.25, 0.3) is 10.4 Å². The molecule has 1 aromatic heterocycles. The second-order valence-electron chi connectivity index (χ2n) is 6.49. The monoisotopic (exact) mass is 344 g/mol. The molecular weight excluding hydrogens is 323 g/mol. The Morgan fingerprint density at radius 1 is 1.25 bits per heavy atom. The summed E-state index contributed by atoms with van der Waals surface area (Å²) < 4.78 is 20.1. The maximum atomic E-state index is 14.1. The Balaban J connectivity index is 1.45. The number of piperidine rings is 3. The molecule has 3 saturated heterocycles. The standard InChI is InChI=1S/C19H21FN2OS/c1-13(23-18-12-22-9-6-14(18)7-10-22)21-17-8-11-24-19(17)15-4-2-3-5-16(15)20/h2-5,8,11,14,18,21H,1,6-7,9-10,12H2. The predicted molar refractivity (Wildman–Crippen MR) is 96.5 cm³/mol. The Morgan fingerprint density at radius 3 is 2.75 bits per heavy atom. The summed E-state index contributed by atoms with van der Waals surface area (Å²) in [5, 5.41) is 5.18. The van der Waals surface area contributed by atoms with E-state index in [-0.39, 0.29) is 11.9 Å². The molecule has 0 radical (unpaired) electrons. The largest absolute Gasteiger partial charge is 0.474 e. The molecule has 5 heteroatoms. The van der Waals surface area contributed by atoms with Crippen LogP contribution in [0.15, 0.2) is 48.2 Å². The number of anilines is 1. The molecule has 0 aliphatic carbocycles. The lowest BCUT2D eigenvalue weighted by Crippen LogP contribution is -2.51. The van der Waals surface area contributed by atoms with Crippen LogP contribution in [0.2, 0.25) is 0 Å². The highest BCUT2D eigenvalue weighted by Gasteiger charge is 2.35. The van der Waals surface area contributed by atoms with E-state index in [0.29, 0.717) is 17.4 Å². The molecule has 1 unspecified atom stereocenters. The van der Waals surface area contributed by atoms with E-state index in [1.807, 2.05) is 17.5 Å². The van der Waals surface area contributed by atoms with Gasteiger partial charge in [0.05, 0.1) is 10.6 Å². The van der Waals surface area contributed by atoms with E-state index in [9.17, 15) is 4.39 Å². The van der Waals surface area contributed by atoms with Crippen LogP contribution in [0.3, 0.4) is 0 Å². The van der Waals surface area contributed by atoms with Gasteiger partial charge in [-0.05, 0) is 55.9 Å². The average molecular weight is 344 g/mol. The van der Waals surface area contributed by atoms with Crippen LogP contribution in [0.1, 0.15) is 12.8 Å². The van der Waals surface area contributed by atoms with Gasteiger partial charge in [0, 0.05) is 12.1 Å². The van der Waals surface area contributed by atoms with Crippen LogP contribution < -0.4 is 5.32 Å². The Hall–Kier alpha value is -1.85. The highest BCUT2D eigenvalue weighted by molar-refractivity contribution is 7.14. The first-order valence-electron chi connectivity index (χ1n) is 8.38. The number of hydrogen-bond acceptors (Lipinski definition) is 4. The fourth-order valence-electron chi connectivity index (χ4n) is 3.67.